The molecule has 2 unspecified atom stereocenters. The van der Waals surface area contributed by atoms with Gasteiger partial charge >= 0.3 is 5.97 Å². The fourth-order valence-electron chi connectivity index (χ4n) is 3.55. The van der Waals surface area contributed by atoms with Gasteiger partial charge in [-0.15, -0.1) is 0 Å². The molecule has 2 rings (SSSR count). The molecule has 0 aliphatic rings. The summed E-state index contributed by atoms with van der Waals surface area (Å²) >= 11 is 4.88. The number of aliphatic imine (C=N–C) groups is 1. The van der Waals surface area contributed by atoms with Crippen LogP contribution in [0.25, 0.3) is 0 Å². The highest BCUT2D eigenvalue weighted by atomic mass is 32.1. The first-order chi connectivity index (χ1) is 22.3. The molecule has 47 heavy (non-hydrogen) atoms. The van der Waals surface area contributed by atoms with Gasteiger partial charge in [0.15, 0.2) is 10.7 Å². The van der Waals surface area contributed by atoms with Crippen LogP contribution in [0.3, 0.4) is 0 Å². The lowest BCUT2D eigenvalue weighted by molar-refractivity contribution is -0.138. The number of carboxylic acids is 1. The van der Waals surface area contributed by atoms with Gasteiger partial charge in [0.25, 0.3) is 0 Å². The van der Waals surface area contributed by atoms with Gasteiger partial charge in [-0.25, -0.2) is 0 Å². The van der Waals surface area contributed by atoms with Gasteiger partial charge in [0.1, 0.15) is 12.6 Å². The number of aromatic amines is 1. The van der Waals surface area contributed by atoms with Gasteiger partial charge in [-0.2, -0.15) is 0 Å². The van der Waals surface area contributed by atoms with Crippen molar-refractivity contribution in [3.8, 4) is 0 Å². The average molecular weight is 681 g/mol. The molecule has 3 amide bonds. The van der Waals surface area contributed by atoms with Crippen molar-refractivity contribution in [3.63, 3.8) is 0 Å². The summed E-state index contributed by atoms with van der Waals surface area (Å²) < 4.78 is 2.71. The number of carbonyl (C=O) groups is 4. The number of carboxylic acid groups (broad SMARTS) is 1. The molecule has 0 saturated carbocycles. The molecule has 0 fully saturated rings. The number of likely N-dealkylation sites (N-methyl/N-ethyl adjacent to an activating group) is 1. The number of carbonyl (C=O) groups excluding carboxylic acids is 3. The zero-order valence-electron chi connectivity index (χ0n) is 28.6. The van der Waals surface area contributed by atoms with Gasteiger partial charge in [-0.05, 0) is 71.8 Å². The number of imidazole rings is 1. The molecule has 0 saturated heterocycles. The van der Waals surface area contributed by atoms with Crippen molar-refractivity contribution in [1.29, 1.82) is 0 Å². The maximum atomic E-state index is 12.2. The molecule has 2 aromatic rings. The van der Waals surface area contributed by atoms with Crippen molar-refractivity contribution in [2.75, 3.05) is 33.2 Å². The quantitative estimate of drug-likeness (QED) is 0.0526. The summed E-state index contributed by atoms with van der Waals surface area (Å²) in [6, 6.07) is 8.81. The van der Waals surface area contributed by atoms with Crippen molar-refractivity contribution in [2.24, 2.45) is 29.2 Å². The minimum atomic E-state index is -1.19. The molecule has 0 aliphatic carbocycles. The van der Waals surface area contributed by atoms with Crippen LogP contribution < -0.4 is 38.5 Å². The summed E-state index contributed by atoms with van der Waals surface area (Å²) in [6.07, 6.45) is 4.44. The number of nitrogens with two attached hydrogens (primary N) is 3. The largest absolute Gasteiger partial charge is 0.480 e. The van der Waals surface area contributed by atoms with E-state index in [1.807, 2.05) is 56.8 Å². The number of amides is 3. The highest BCUT2D eigenvalue weighted by molar-refractivity contribution is 7.71. The van der Waals surface area contributed by atoms with Gasteiger partial charge in [-0.3, -0.25) is 24.2 Å². The van der Waals surface area contributed by atoms with Crippen LogP contribution in [0.1, 0.15) is 57.2 Å². The number of H-pyrrole nitrogens is 1. The summed E-state index contributed by atoms with van der Waals surface area (Å²) in [5.41, 5.74) is 18.4. The predicted molar refractivity (Wildman–Crippen MR) is 189 cm³/mol. The Hall–Kier alpha value is -4.28. The van der Waals surface area contributed by atoms with Gasteiger partial charge < -0.3 is 53.1 Å². The fraction of sp³-hybridized carbons (Fsp3) is 0.548. The SMILES string of the molecule is CC.CNC(CCCN=C(N)N)C(=O)NCC(=O)NC(CCCCN)C(=O)NCC(=O)O.Cc1c[nH]c(=S)n1C.Cc1ccccc1. The van der Waals surface area contributed by atoms with E-state index in [0.717, 1.165) is 10.5 Å². The first-order valence-electron chi connectivity index (χ1n) is 15.5. The van der Waals surface area contributed by atoms with Crippen LogP contribution in [-0.4, -0.2) is 89.6 Å². The second-order valence-electron chi connectivity index (χ2n) is 9.97. The summed E-state index contributed by atoms with van der Waals surface area (Å²) in [5, 5.41) is 18.8. The number of rotatable bonds is 16. The second-order valence-corrected chi connectivity index (χ2v) is 10.4. The summed E-state index contributed by atoms with van der Waals surface area (Å²) in [4.78, 5) is 53.9. The third-order valence-electron chi connectivity index (χ3n) is 6.22. The van der Waals surface area contributed by atoms with E-state index in [2.05, 4.69) is 50.3 Å². The Morgan fingerprint density at radius 1 is 0.957 bits per heavy atom. The molecule has 0 radical (unpaired) electrons. The van der Waals surface area contributed by atoms with Crippen LogP contribution in [-0.2, 0) is 26.2 Å². The number of hydrogen-bond acceptors (Lipinski definition) is 8. The number of guanidine groups is 1. The van der Waals surface area contributed by atoms with Crippen molar-refractivity contribution >= 4 is 41.9 Å². The van der Waals surface area contributed by atoms with E-state index >= 15 is 0 Å². The smallest absolute Gasteiger partial charge is 0.322 e. The van der Waals surface area contributed by atoms with E-state index in [9.17, 15) is 19.2 Å². The molecule has 12 N–H and O–H groups in total. The Kier molecular flexibility index (Phi) is 26.7. The van der Waals surface area contributed by atoms with E-state index < -0.39 is 36.4 Å². The van der Waals surface area contributed by atoms with E-state index in [-0.39, 0.29) is 18.4 Å². The molecule has 2 atom stereocenters. The number of unbranched alkanes of at least 4 members (excludes halogenated alkanes) is 1. The minimum Gasteiger partial charge on any atom is -0.480 e. The first-order valence-corrected chi connectivity index (χ1v) is 15.9. The Labute approximate surface area is 283 Å². The normalized spacial score (nSPS) is 11.0. The average Bonchev–Trinajstić information content (AvgIpc) is 3.34. The number of aliphatic carboxylic acids is 1. The van der Waals surface area contributed by atoms with Crippen molar-refractivity contribution in [1.82, 2.24) is 30.8 Å². The third-order valence-corrected chi connectivity index (χ3v) is 6.62. The molecule has 0 spiro atoms. The maximum absolute atomic E-state index is 12.2. The van der Waals surface area contributed by atoms with Gasteiger partial charge in [-0.1, -0.05) is 49.7 Å². The van der Waals surface area contributed by atoms with Gasteiger partial charge in [0.05, 0.1) is 12.6 Å². The molecule has 266 valence electrons. The van der Waals surface area contributed by atoms with E-state index in [4.69, 9.17) is 34.5 Å². The number of nitrogens with one attached hydrogen (secondary N) is 5. The number of benzene rings is 1. The number of hydrogen-bond donors (Lipinski definition) is 9. The summed E-state index contributed by atoms with van der Waals surface area (Å²) in [5.74, 6) is -2.78. The number of aromatic nitrogens is 2. The zero-order chi connectivity index (χ0) is 36.2. The Morgan fingerprint density at radius 2 is 1.53 bits per heavy atom. The van der Waals surface area contributed by atoms with Crippen LogP contribution in [0.5, 0.6) is 0 Å². The highest BCUT2D eigenvalue weighted by Crippen LogP contribution is 2.02. The van der Waals surface area contributed by atoms with Crippen molar-refractivity contribution in [2.45, 2.75) is 71.9 Å². The molecular formula is C31H56N10O5S. The Bertz CT molecular complexity index is 1250. The topological polar surface area (TPSA) is 248 Å². The lowest BCUT2D eigenvalue weighted by Crippen LogP contribution is -2.51. The monoisotopic (exact) mass is 680 g/mol. The third kappa shape index (κ3) is 23.7. The lowest BCUT2D eigenvalue weighted by atomic mass is 10.1. The van der Waals surface area contributed by atoms with Crippen LogP contribution in [0.4, 0.5) is 0 Å². The second kappa shape index (κ2) is 28.0. The van der Waals surface area contributed by atoms with E-state index in [0.29, 0.717) is 45.2 Å². The van der Waals surface area contributed by atoms with Crippen molar-refractivity contribution < 1.29 is 24.3 Å². The molecule has 15 nitrogen and oxygen atoms in total. The molecule has 1 aromatic heterocycles. The molecule has 0 bridgehead atoms. The molecule has 16 heteroatoms. The Morgan fingerprint density at radius 3 is 1.96 bits per heavy atom. The van der Waals surface area contributed by atoms with Crippen molar-refractivity contribution in [3.05, 3.63) is 52.6 Å². The summed E-state index contributed by atoms with van der Waals surface area (Å²) in [7, 11) is 3.55. The Balaban J connectivity index is 0. The van der Waals surface area contributed by atoms with Crippen LogP contribution in [0.15, 0.2) is 41.5 Å². The first kappa shape index (κ1) is 44.8. The molecule has 1 heterocycles. The van der Waals surface area contributed by atoms with Crippen LogP contribution in [0, 0.1) is 18.6 Å². The molecular weight excluding hydrogens is 624 g/mol. The van der Waals surface area contributed by atoms with Gasteiger partial charge in [0.2, 0.25) is 17.7 Å². The molecule has 1 aromatic carbocycles. The summed E-state index contributed by atoms with van der Waals surface area (Å²) in [6.45, 7) is 8.02. The van der Waals surface area contributed by atoms with Crippen LogP contribution >= 0.6 is 12.2 Å². The maximum Gasteiger partial charge on any atom is 0.322 e. The standard InChI is InChI=1S/C17H34N8O5.C7H8.C5H8N2S.C2H6/c1-21-11(6-4-8-22-17(19)20)15(29)23-9-13(26)25-12(5-2-3-7-18)16(30)24-10-14(27)28;1-7-5-3-2-4-6-7;1-4-3-6-5(8)7(4)2;1-2/h11-12,21H,2-10,18H2,1H3,(H,23,29)(H,24,30)(H,25,26)(H,27,28)(H4,19,20,22);2-6H,1H3;3H,1-2H3,(H,6,8);1-2H3. The fourth-order valence-corrected chi connectivity index (χ4v) is 3.75. The van der Waals surface area contributed by atoms with E-state index in [1.54, 1.807) is 7.05 Å². The van der Waals surface area contributed by atoms with E-state index in [1.165, 1.54) is 5.56 Å². The van der Waals surface area contributed by atoms with Crippen LogP contribution in [0.2, 0.25) is 0 Å². The highest BCUT2D eigenvalue weighted by Gasteiger charge is 2.22. The number of nitrogens with zero attached hydrogens (tertiary/aromatic N) is 2. The van der Waals surface area contributed by atoms with Gasteiger partial charge in [0, 0.05) is 25.5 Å². The lowest BCUT2D eigenvalue weighted by Gasteiger charge is -2.19. The predicted octanol–water partition coefficient (Wildman–Crippen LogP) is 0.971. The number of aryl methyl sites for hydroxylation is 2. The minimum absolute atomic E-state index is 0.0226. The zero-order valence-corrected chi connectivity index (χ0v) is 29.4. The molecule has 0 aliphatic heterocycles.